The van der Waals surface area contributed by atoms with Crippen LogP contribution in [0.1, 0.15) is 24.4 Å². The van der Waals surface area contributed by atoms with E-state index in [9.17, 15) is 10.1 Å². The molecule has 0 saturated carbocycles. The number of nitrogens with zero attached hydrogens (tertiary/aromatic N) is 2. The molecule has 0 bridgehead atoms. The number of nitrogens with one attached hydrogen (secondary N) is 2. The number of methoxy groups -OCH3 is 1. The van der Waals surface area contributed by atoms with Crippen molar-refractivity contribution in [3.63, 3.8) is 0 Å². The summed E-state index contributed by atoms with van der Waals surface area (Å²) in [6.07, 6.45) is 2.33. The van der Waals surface area contributed by atoms with E-state index in [0.717, 1.165) is 37.2 Å². The van der Waals surface area contributed by atoms with Crippen molar-refractivity contribution < 1.29 is 9.66 Å². The van der Waals surface area contributed by atoms with Crippen molar-refractivity contribution in [3.8, 4) is 5.75 Å². The smallest absolute Gasteiger partial charge is 0.271 e. The van der Waals surface area contributed by atoms with Crippen LogP contribution >= 0.6 is 23.8 Å². The highest BCUT2D eigenvalue weighted by molar-refractivity contribution is 7.80. The molecule has 1 aliphatic rings. The van der Waals surface area contributed by atoms with Gasteiger partial charge in [-0.15, -0.1) is 0 Å². The molecular formula is C20H23ClN4O3S. The van der Waals surface area contributed by atoms with Gasteiger partial charge in [0.1, 0.15) is 5.75 Å². The Balaban J connectivity index is 1.72. The molecular weight excluding hydrogens is 412 g/mol. The molecule has 1 heterocycles. The van der Waals surface area contributed by atoms with Crippen molar-refractivity contribution in [2.24, 2.45) is 0 Å². The van der Waals surface area contributed by atoms with Gasteiger partial charge in [-0.05, 0) is 50.3 Å². The molecule has 2 aromatic carbocycles. The number of para-hydroxylation sites is 1. The molecule has 2 N–H and O–H groups in total. The number of hydrogen-bond acceptors (Lipinski definition) is 5. The molecule has 1 unspecified atom stereocenters. The molecule has 1 fully saturated rings. The van der Waals surface area contributed by atoms with Crippen LogP contribution in [0.4, 0.5) is 11.4 Å². The number of anilines is 1. The monoisotopic (exact) mass is 434 g/mol. The van der Waals surface area contributed by atoms with E-state index in [4.69, 9.17) is 28.6 Å². The first kappa shape index (κ1) is 21.3. The first-order valence-electron chi connectivity index (χ1n) is 9.35. The summed E-state index contributed by atoms with van der Waals surface area (Å²) in [6.45, 7) is 2.60. The van der Waals surface area contributed by atoms with Gasteiger partial charge in [-0.25, -0.2) is 0 Å². The molecule has 1 aliphatic heterocycles. The lowest BCUT2D eigenvalue weighted by atomic mass is 10.0. The van der Waals surface area contributed by atoms with E-state index in [1.165, 1.54) is 18.2 Å². The maximum atomic E-state index is 11.0. The third-order valence-electron chi connectivity index (χ3n) is 4.94. The lowest BCUT2D eigenvalue weighted by molar-refractivity contribution is -0.384. The first-order valence-corrected chi connectivity index (χ1v) is 10.1. The minimum atomic E-state index is -0.469. The van der Waals surface area contributed by atoms with Crippen molar-refractivity contribution in [1.29, 1.82) is 0 Å². The van der Waals surface area contributed by atoms with E-state index in [1.807, 2.05) is 18.2 Å². The van der Waals surface area contributed by atoms with Crippen molar-refractivity contribution in [2.45, 2.75) is 18.9 Å². The summed E-state index contributed by atoms with van der Waals surface area (Å²) in [5, 5.41) is 17.9. The highest BCUT2D eigenvalue weighted by Gasteiger charge is 2.26. The van der Waals surface area contributed by atoms with Crippen molar-refractivity contribution in [2.75, 3.05) is 32.1 Å². The average molecular weight is 435 g/mol. The summed E-state index contributed by atoms with van der Waals surface area (Å²) in [5.74, 6) is 0.840. The number of non-ortho nitro benzene ring substituents is 1. The van der Waals surface area contributed by atoms with Gasteiger partial charge in [0.15, 0.2) is 5.11 Å². The number of ether oxygens (including phenoxy) is 1. The van der Waals surface area contributed by atoms with Crippen LogP contribution in [0.2, 0.25) is 5.02 Å². The van der Waals surface area contributed by atoms with E-state index in [-0.39, 0.29) is 11.7 Å². The fourth-order valence-corrected chi connectivity index (χ4v) is 3.87. The summed E-state index contributed by atoms with van der Waals surface area (Å²) < 4.78 is 5.56. The van der Waals surface area contributed by atoms with Gasteiger partial charge in [0.25, 0.3) is 5.69 Å². The predicted octanol–water partition coefficient (Wildman–Crippen LogP) is 4.38. The predicted molar refractivity (Wildman–Crippen MR) is 119 cm³/mol. The Kier molecular flexibility index (Phi) is 7.24. The lowest BCUT2D eigenvalue weighted by Crippen LogP contribution is -2.38. The van der Waals surface area contributed by atoms with E-state index in [1.54, 1.807) is 7.11 Å². The number of rotatable bonds is 7. The second-order valence-corrected chi connectivity index (χ2v) is 7.57. The molecule has 0 radical (unpaired) electrons. The normalized spacial score (nSPS) is 15.0. The fourth-order valence-electron chi connectivity index (χ4n) is 3.51. The second-order valence-electron chi connectivity index (χ2n) is 6.76. The van der Waals surface area contributed by atoms with Crippen LogP contribution in [-0.2, 0) is 0 Å². The summed E-state index contributed by atoms with van der Waals surface area (Å²) >= 11 is 11.6. The zero-order valence-electron chi connectivity index (χ0n) is 16.1. The topological polar surface area (TPSA) is 79.7 Å². The number of thiocarbonyl (C=S) groups is 1. The average Bonchev–Trinajstić information content (AvgIpc) is 3.24. The molecule has 0 aromatic heterocycles. The zero-order valence-corrected chi connectivity index (χ0v) is 17.6. The van der Waals surface area contributed by atoms with E-state index in [0.29, 0.717) is 22.4 Å². The zero-order chi connectivity index (χ0) is 20.8. The van der Waals surface area contributed by atoms with Gasteiger partial charge < -0.3 is 15.4 Å². The molecule has 9 heteroatoms. The van der Waals surface area contributed by atoms with Gasteiger partial charge in [-0.3, -0.25) is 15.0 Å². The van der Waals surface area contributed by atoms with Crippen LogP contribution in [-0.4, -0.2) is 41.7 Å². The lowest BCUT2D eigenvalue weighted by Gasteiger charge is -2.29. The van der Waals surface area contributed by atoms with Gasteiger partial charge in [0, 0.05) is 24.2 Å². The molecule has 3 rings (SSSR count). The molecule has 7 nitrogen and oxygen atoms in total. The van der Waals surface area contributed by atoms with Gasteiger partial charge >= 0.3 is 0 Å². The Morgan fingerprint density at radius 2 is 2.03 bits per heavy atom. The number of hydrogen-bond donors (Lipinski definition) is 2. The Bertz CT molecular complexity index is 890. The highest BCUT2D eigenvalue weighted by Crippen LogP contribution is 2.31. The molecule has 29 heavy (non-hydrogen) atoms. The Labute approximate surface area is 180 Å². The maximum absolute atomic E-state index is 11.0. The molecule has 1 atom stereocenters. The third-order valence-corrected chi connectivity index (χ3v) is 5.52. The molecule has 0 aliphatic carbocycles. The van der Waals surface area contributed by atoms with Crippen molar-refractivity contribution >= 4 is 40.3 Å². The summed E-state index contributed by atoms with van der Waals surface area (Å²) in [4.78, 5) is 12.9. The third kappa shape index (κ3) is 5.35. The largest absolute Gasteiger partial charge is 0.496 e. The summed E-state index contributed by atoms with van der Waals surface area (Å²) in [7, 11) is 1.67. The quantitative estimate of drug-likeness (QED) is 0.380. The summed E-state index contributed by atoms with van der Waals surface area (Å²) in [5.41, 5.74) is 1.44. The van der Waals surface area contributed by atoms with Gasteiger partial charge in [-0.1, -0.05) is 29.8 Å². The van der Waals surface area contributed by atoms with Crippen LogP contribution in [0.5, 0.6) is 5.75 Å². The highest BCUT2D eigenvalue weighted by atomic mass is 35.5. The number of benzene rings is 2. The van der Waals surface area contributed by atoms with Crippen LogP contribution in [0.25, 0.3) is 0 Å². The van der Waals surface area contributed by atoms with Crippen LogP contribution in [0.15, 0.2) is 42.5 Å². The van der Waals surface area contributed by atoms with E-state index < -0.39 is 4.92 Å². The summed E-state index contributed by atoms with van der Waals surface area (Å²) in [6, 6.07) is 12.3. The standard InChI is InChI=1S/C20H23ClN4O3S/c1-28-19-7-3-2-6-15(19)18(24-10-4-5-11-24)13-22-20(29)23-17-12-14(25(26)27)8-9-16(17)21/h2-3,6-9,12,18H,4-5,10-11,13H2,1H3,(H2,22,23,29). The Hall–Kier alpha value is -2.42. The maximum Gasteiger partial charge on any atom is 0.271 e. The molecule has 1 saturated heterocycles. The van der Waals surface area contributed by atoms with Crippen LogP contribution in [0.3, 0.4) is 0 Å². The number of nitro benzene ring substituents is 1. The fraction of sp³-hybridized carbons (Fsp3) is 0.350. The van der Waals surface area contributed by atoms with Crippen molar-refractivity contribution in [3.05, 3.63) is 63.2 Å². The van der Waals surface area contributed by atoms with E-state index in [2.05, 4.69) is 21.6 Å². The van der Waals surface area contributed by atoms with Gasteiger partial charge in [0.05, 0.1) is 28.8 Å². The molecule has 154 valence electrons. The van der Waals surface area contributed by atoms with Gasteiger partial charge in [0.2, 0.25) is 0 Å². The molecule has 0 amide bonds. The Morgan fingerprint density at radius 1 is 1.31 bits per heavy atom. The van der Waals surface area contributed by atoms with Crippen molar-refractivity contribution in [1.82, 2.24) is 10.2 Å². The number of nitro groups is 1. The van der Waals surface area contributed by atoms with E-state index >= 15 is 0 Å². The minimum absolute atomic E-state index is 0.0522. The molecule has 2 aromatic rings. The van der Waals surface area contributed by atoms with Crippen LogP contribution < -0.4 is 15.4 Å². The molecule has 0 spiro atoms. The number of halogens is 1. The SMILES string of the molecule is COc1ccccc1C(CNC(=S)Nc1cc([N+](=O)[O-])ccc1Cl)N1CCCC1. The van der Waals surface area contributed by atoms with Crippen LogP contribution in [0, 0.1) is 10.1 Å². The second kappa shape index (κ2) is 9.87. The van der Waals surface area contributed by atoms with Gasteiger partial charge in [-0.2, -0.15) is 0 Å². The number of likely N-dealkylation sites (tertiary alicyclic amines) is 1. The Morgan fingerprint density at radius 3 is 2.72 bits per heavy atom. The minimum Gasteiger partial charge on any atom is -0.496 e. The first-order chi connectivity index (χ1) is 14.0.